The van der Waals surface area contributed by atoms with Gasteiger partial charge in [-0.15, -0.1) is 0 Å². The summed E-state index contributed by atoms with van der Waals surface area (Å²) in [6, 6.07) is 9.13. The Bertz CT molecular complexity index is 660. The molecular weight excluding hydrogens is 332 g/mol. The summed E-state index contributed by atoms with van der Waals surface area (Å²) in [5.41, 5.74) is -0.450. The molecule has 0 unspecified atom stereocenters. The summed E-state index contributed by atoms with van der Waals surface area (Å²) < 4.78 is 0. The normalized spacial score (nSPS) is 20.4. The van der Waals surface area contributed by atoms with Crippen LogP contribution in [0.3, 0.4) is 0 Å². The number of nitrogens with zero attached hydrogens (tertiary/aromatic N) is 1. The van der Waals surface area contributed by atoms with Crippen LogP contribution in [0.4, 0.5) is 0 Å². The van der Waals surface area contributed by atoms with Crippen LogP contribution in [0.1, 0.15) is 55.3 Å². The highest BCUT2D eigenvalue weighted by Crippen LogP contribution is 2.30. The van der Waals surface area contributed by atoms with Crippen molar-refractivity contribution >= 4 is 17.8 Å². The number of carboxylic acids is 1. The molecule has 0 radical (unpaired) electrons. The van der Waals surface area contributed by atoms with Crippen molar-refractivity contribution in [2.24, 2.45) is 5.92 Å². The molecule has 0 bridgehead atoms. The van der Waals surface area contributed by atoms with Gasteiger partial charge in [-0.05, 0) is 37.8 Å². The van der Waals surface area contributed by atoms with E-state index < -0.39 is 11.5 Å². The number of amides is 2. The lowest BCUT2D eigenvalue weighted by molar-refractivity contribution is -0.150. The van der Waals surface area contributed by atoms with Gasteiger partial charge in [0.25, 0.3) is 5.91 Å². The zero-order chi connectivity index (χ0) is 18.6. The number of hydrogen-bond donors (Lipinski definition) is 2. The standard InChI is InChI=1S/C20H26N2O4/c23-17(21-20(19(25)26)11-5-2-6-12-20)15-9-13-22(14-10-15)18(24)16-7-3-1-4-8-16/h1,3-4,7-8,15H,2,5-6,9-14H2,(H,21,23)(H,25,26). The van der Waals surface area contributed by atoms with Crippen LogP contribution in [-0.2, 0) is 9.59 Å². The highest BCUT2D eigenvalue weighted by atomic mass is 16.4. The number of benzene rings is 1. The molecule has 2 aliphatic rings. The van der Waals surface area contributed by atoms with E-state index in [0.717, 1.165) is 19.3 Å². The first-order chi connectivity index (χ1) is 12.5. The first-order valence-corrected chi connectivity index (χ1v) is 9.42. The predicted octanol–water partition coefficient (Wildman–Crippen LogP) is 2.44. The van der Waals surface area contributed by atoms with Gasteiger partial charge in [-0.25, -0.2) is 4.79 Å². The minimum absolute atomic E-state index is 0.0151. The van der Waals surface area contributed by atoms with Gasteiger partial charge >= 0.3 is 5.97 Å². The second-order valence-electron chi connectivity index (χ2n) is 7.37. The molecule has 26 heavy (non-hydrogen) atoms. The van der Waals surface area contributed by atoms with E-state index in [1.165, 1.54) is 0 Å². The summed E-state index contributed by atoms with van der Waals surface area (Å²) in [6.07, 6.45) is 4.82. The fourth-order valence-electron chi connectivity index (χ4n) is 3.99. The van der Waals surface area contributed by atoms with E-state index in [-0.39, 0.29) is 17.7 Å². The van der Waals surface area contributed by atoms with Crippen molar-refractivity contribution in [3.05, 3.63) is 35.9 Å². The van der Waals surface area contributed by atoms with Gasteiger partial charge in [0, 0.05) is 24.6 Å². The zero-order valence-electron chi connectivity index (χ0n) is 14.9. The molecule has 6 nitrogen and oxygen atoms in total. The third kappa shape index (κ3) is 3.89. The third-order valence-electron chi connectivity index (χ3n) is 5.65. The fourth-order valence-corrected chi connectivity index (χ4v) is 3.99. The lowest BCUT2D eigenvalue weighted by Gasteiger charge is -2.37. The van der Waals surface area contributed by atoms with Gasteiger partial charge in [0.1, 0.15) is 5.54 Å². The first-order valence-electron chi connectivity index (χ1n) is 9.42. The molecule has 1 saturated carbocycles. The second-order valence-corrected chi connectivity index (χ2v) is 7.37. The second kappa shape index (κ2) is 7.89. The van der Waals surface area contributed by atoms with Crippen molar-refractivity contribution in [3.63, 3.8) is 0 Å². The molecule has 0 atom stereocenters. The lowest BCUT2D eigenvalue weighted by atomic mass is 9.81. The van der Waals surface area contributed by atoms with E-state index in [9.17, 15) is 19.5 Å². The summed E-state index contributed by atoms with van der Waals surface area (Å²) in [6.45, 7) is 1.04. The predicted molar refractivity (Wildman–Crippen MR) is 96.7 cm³/mol. The summed E-state index contributed by atoms with van der Waals surface area (Å²) in [7, 11) is 0. The Morgan fingerprint density at radius 2 is 1.62 bits per heavy atom. The van der Waals surface area contributed by atoms with Crippen LogP contribution in [0.5, 0.6) is 0 Å². The van der Waals surface area contributed by atoms with Crippen LogP contribution < -0.4 is 5.32 Å². The molecule has 1 heterocycles. The lowest BCUT2D eigenvalue weighted by Crippen LogP contribution is -2.57. The Morgan fingerprint density at radius 1 is 1.00 bits per heavy atom. The van der Waals surface area contributed by atoms with E-state index in [0.29, 0.717) is 44.3 Å². The molecule has 3 rings (SSSR count). The molecule has 1 aliphatic heterocycles. The van der Waals surface area contributed by atoms with E-state index in [4.69, 9.17) is 0 Å². The molecule has 1 saturated heterocycles. The SMILES string of the molecule is O=C(NC1(C(=O)O)CCCCC1)C1CCN(C(=O)c2ccccc2)CC1. The average Bonchev–Trinajstić information content (AvgIpc) is 2.69. The molecule has 1 aromatic carbocycles. The molecular formula is C20H26N2O4. The van der Waals surface area contributed by atoms with E-state index in [1.807, 2.05) is 18.2 Å². The average molecular weight is 358 g/mol. The smallest absolute Gasteiger partial charge is 0.329 e. The van der Waals surface area contributed by atoms with E-state index in [1.54, 1.807) is 17.0 Å². The highest BCUT2D eigenvalue weighted by molar-refractivity contribution is 5.94. The summed E-state index contributed by atoms with van der Waals surface area (Å²) in [4.78, 5) is 38.6. The number of aliphatic carboxylic acids is 1. The van der Waals surface area contributed by atoms with Crippen LogP contribution in [-0.4, -0.2) is 46.4 Å². The highest BCUT2D eigenvalue weighted by Gasteiger charge is 2.42. The van der Waals surface area contributed by atoms with Crippen molar-refractivity contribution in [1.82, 2.24) is 10.2 Å². The molecule has 2 amide bonds. The maximum absolute atomic E-state index is 12.6. The van der Waals surface area contributed by atoms with Gasteiger partial charge in [0.05, 0.1) is 0 Å². The molecule has 2 N–H and O–H groups in total. The Balaban J connectivity index is 1.56. The quantitative estimate of drug-likeness (QED) is 0.865. The van der Waals surface area contributed by atoms with Crippen LogP contribution >= 0.6 is 0 Å². The number of carboxylic acid groups (broad SMARTS) is 1. The molecule has 1 aliphatic carbocycles. The van der Waals surface area contributed by atoms with Crippen molar-refractivity contribution in [2.75, 3.05) is 13.1 Å². The molecule has 0 aromatic heterocycles. The molecule has 6 heteroatoms. The number of rotatable bonds is 4. The number of hydrogen-bond acceptors (Lipinski definition) is 3. The Labute approximate surface area is 153 Å². The van der Waals surface area contributed by atoms with Gasteiger partial charge in [0.15, 0.2) is 0 Å². The molecule has 0 spiro atoms. The number of likely N-dealkylation sites (tertiary alicyclic amines) is 1. The Morgan fingerprint density at radius 3 is 2.19 bits per heavy atom. The van der Waals surface area contributed by atoms with Gasteiger partial charge in [-0.3, -0.25) is 9.59 Å². The summed E-state index contributed by atoms with van der Waals surface area (Å²) >= 11 is 0. The molecule has 1 aromatic rings. The summed E-state index contributed by atoms with van der Waals surface area (Å²) in [5.74, 6) is -1.35. The minimum Gasteiger partial charge on any atom is -0.480 e. The maximum Gasteiger partial charge on any atom is 0.329 e. The third-order valence-corrected chi connectivity index (χ3v) is 5.65. The fraction of sp³-hybridized carbons (Fsp3) is 0.550. The molecule has 140 valence electrons. The van der Waals surface area contributed by atoms with Gasteiger partial charge < -0.3 is 15.3 Å². The number of nitrogens with one attached hydrogen (secondary N) is 1. The zero-order valence-corrected chi connectivity index (χ0v) is 14.9. The summed E-state index contributed by atoms with van der Waals surface area (Å²) in [5, 5.41) is 12.4. The van der Waals surface area contributed by atoms with E-state index >= 15 is 0 Å². The van der Waals surface area contributed by atoms with Gasteiger partial charge in [0.2, 0.25) is 5.91 Å². The first kappa shape index (κ1) is 18.4. The minimum atomic E-state index is -1.10. The maximum atomic E-state index is 12.6. The van der Waals surface area contributed by atoms with Crippen LogP contribution in [0.2, 0.25) is 0 Å². The van der Waals surface area contributed by atoms with Crippen molar-refractivity contribution in [2.45, 2.75) is 50.5 Å². The largest absolute Gasteiger partial charge is 0.480 e. The Kier molecular flexibility index (Phi) is 5.59. The van der Waals surface area contributed by atoms with Gasteiger partial charge in [-0.1, -0.05) is 37.5 Å². The van der Waals surface area contributed by atoms with Crippen molar-refractivity contribution in [3.8, 4) is 0 Å². The number of carbonyl (C=O) groups excluding carboxylic acids is 2. The van der Waals surface area contributed by atoms with E-state index in [2.05, 4.69) is 5.32 Å². The van der Waals surface area contributed by atoms with Crippen LogP contribution in [0, 0.1) is 5.92 Å². The monoisotopic (exact) mass is 358 g/mol. The van der Waals surface area contributed by atoms with Gasteiger partial charge in [-0.2, -0.15) is 0 Å². The Hall–Kier alpha value is -2.37. The number of piperidine rings is 1. The topological polar surface area (TPSA) is 86.7 Å². The number of carbonyl (C=O) groups is 3. The van der Waals surface area contributed by atoms with Crippen molar-refractivity contribution < 1.29 is 19.5 Å². The van der Waals surface area contributed by atoms with Crippen LogP contribution in [0.25, 0.3) is 0 Å². The molecule has 2 fully saturated rings. The van der Waals surface area contributed by atoms with Crippen LogP contribution in [0.15, 0.2) is 30.3 Å². The van der Waals surface area contributed by atoms with Crippen molar-refractivity contribution in [1.29, 1.82) is 0 Å².